The minimum atomic E-state index is -1.06. The SMILES string of the molecule is O=C(O)c1nnn(CC2CCC2)c1-c1ccc(Cl)cc1. The van der Waals surface area contributed by atoms with E-state index >= 15 is 0 Å². The predicted molar refractivity (Wildman–Crippen MR) is 74.8 cm³/mol. The van der Waals surface area contributed by atoms with Crippen LogP contribution in [0.15, 0.2) is 24.3 Å². The van der Waals surface area contributed by atoms with E-state index in [0.29, 0.717) is 16.6 Å². The Morgan fingerprint density at radius 3 is 2.60 bits per heavy atom. The molecule has 0 saturated heterocycles. The van der Waals surface area contributed by atoms with Crippen molar-refractivity contribution in [1.82, 2.24) is 15.0 Å². The minimum absolute atomic E-state index is 0.00774. The standard InChI is InChI=1S/C14H14ClN3O2/c15-11-6-4-10(5-7-11)13-12(14(19)20)16-17-18(13)8-9-2-1-3-9/h4-7,9H,1-3,8H2,(H,19,20). The molecule has 1 fully saturated rings. The van der Waals surface area contributed by atoms with E-state index in [1.165, 1.54) is 19.3 Å². The molecule has 1 aliphatic rings. The normalized spacial score (nSPS) is 15.1. The lowest BCUT2D eigenvalue weighted by Gasteiger charge is -2.25. The molecule has 0 spiro atoms. The molecule has 0 amide bonds. The van der Waals surface area contributed by atoms with Crippen LogP contribution in [-0.2, 0) is 6.54 Å². The topological polar surface area (TPSA) is 68.0 Å². The predicted octanol–water partition coefficient (Wildman–Crippen LogP) is 3.10. The van der Waals surface area contributed by atoms with Crippen molar-refractivity contribution in [1.29, 1.82) is 0 Å². The van der Waals surface area contributed by atoms with Crippen LogP contribution in [0.4, 0.5) is 0 Å². The van der Waals surface area contributed by atoms with Gasteiger partial charge >= 0.3 is 5.97 Å². The number of halogens is 1. The van der Waals surface area contributed by atoms with Gasteiger partial charge in [-0.3, -0.25) is 0 Å². The fourth-order valence-corrected chi connectivity index (χ4v) is 2.52. The number of hydrogen-bond donors (Lipinski definition) is 1. The summed E-state index contributed by atoms with van der Waals surface area (Å²) in [6.45, 7) is 0.720. The third kappa shape index (κ3) is 2.41. The lowest BCUT2D eigenvalue weighted by Crippen LogP contribution is -2.19. The molecule has 1 heterocycles. The molecule has 0 unspecified atom stereocenters. The van der Waals surface area contributed by atoms with E-state index in [2.05, 4.69) is 10.3 Å². The van der Waals surface area contributed by atoms with E-state index < -0.39 is 5.97 Å². The highest BCUT2D eigenvalue weighted by Gasteiger charge is 2.24. The summed E-state index contributed by atoms with van der Waals surface area (Å²) in [5.74, 6) is -0.487. The molecule has 2 aromatic rings. The fraction of sp³-hybridized carbons (Fsp3) is 0.357. The lowest BCUT2D eigenvalue weighted by atomic mass is 9.85. The van der Waals surface area contributed by atoms with E-state index in [1.807, 2.05) is 0 Å². The molecule has 104 valence electrons. The van der Waals surface area contributed by atoms with Crippen LogP contribution in [0.5, 0.6) is 0 Å². The van der Waals surface area contributed by atoms with E-state index in [1.54, 1.807) is 28.9 Å². The summed E-state index contributed by atoms with van der Waals surface area (Å²) in [6, 6.07) is 7.07. The van der Waals surface area contributed by atoms with Gasteiger partial charge in [-0.25, -0.2) is 9.48 Å². The number of carbonyl (C=O) groups is 1. The molecule has 3 rings (SSSR count). The van der Waals surface area contributed by atoms with Crippen LogP contribution in [0.25, 0.3) is 11.3 Å². The number of rotatable bonds is 4. The van der Waals surface area contributed by atoms with Gasteiger partial charge in [0, 0.05) is 17.1 Å². The molecule has 0 aliphatic heterocycles. The molecular weight excluding hydrogens is 278 g/mol. The highest BCUT2D eigenvalue weighted by Crippen LogP contribution is 2.30. The van der Waals surface area contributed by atoms with Gasteiger partial charge in [-0.1, -0.05) is 35.4 Å². The summed E-state index contributed by atoms with van der Waals surface area (Å²) in [6.07, 6.45) is 3.58. The van der Waals surface area contributed by atoms with Gasteiger partial charge < -0.3 is 5.11 Å². The quantitative estimate of drug-likeness (QED) is 0.940. The number of nitrogens with zero attached hydrogens (tertiary/aromatic N) is 3. The van der Waals surface area contributed by atoms with Crippen molar-refractivity contribution >= 4 is 17.6 Å². The van der Waals surface area contributed by atoms with E-state index in [0.717, 1.165) is 12.1 Å². The van der Waals surface area contributed by atoms with Crippen molar-refractivity contribution in [3.63, 3.8) is 0 Å². The van der Waals surface area contributed by atoms with Crippen LogP contribution in [0.2, 0.25) is 5.02 Å². The van der Waals surface area contributed by atoms with Gasteiger partial charge in [0.25, 0.3) is 0 Å². The van der Waals surface area contributed by atoms with Crippen molar-refractivity contribution in [2.75, 3.05) is 0 Å². The molecular formula is C14H14ClN3O2. The minimum Gasteiger partial charge on any atom is -0.476 e. The summed E-state index contributed by atoms with van der Waals surface area (Å²) in [7, 11) is 0. The molecule has 0 radical (unpaired) electrons. The second kappa shape index (κ2) is 5.25. The molecule has 1 aliphatic carbocycles. The maximum absolute atomic E-state index is 11.3. The maximum atomic E-state index is 11.3. The van der Waals surface area contributed by atoms with Crippen molar-refractivity contribution < 1.29 is 9.90 Å². The molecule has 6 heteroatoms. The Morgan fingerprint density at radius 1 is 1.35 bits per heavy atom. The van der Waals surface area contributed by atoms with E-state index in [9.17, 15) is 9.90 Å². The first-order valence-corrected chi connectivity index (χ1v) is 6.95. The first kappa shape index (κ1) is 13.1. The number of aromatic carboxylic acids is 1. The third-order valence-corrected chi connectivity index (χ3v) is 3.96. The maximum Gasteiger partial charge on any atom is 0.358 e. The van der Waals surface area contributed by atoms with Gasteiger partial charge in [-0.05, 0) is 30.9 Å². The Morgan fingerprint density at radius 2 is 2.05 bits per heavy atom. The lowest BCUT2D eigenvalue weighted by molar-refractivity contribution is 0.0691. The molecule has 1 N–H and O–H groups in total. The number of carboxylic acid groups (broad SMARTS) is 1. The first-order chi connectivity index (χ1) is 9.65. The fourth-order valence-electron chi connectivity index (χ4n) is 2.40. The summed E-state index contributed by atoms with van der Waals surface area (Å²) >= 11 is 5.88. The average molecular weight is 292 g/mol. The summed E-state index contributed by atoms with van der Waals surface area (Å²) < 4.78 is 1.70. The van der Waals surface area contributed by atoms with Crippen molar-refractivity contribution in [3.05, 3.63) is 35.0 Å². The molecule has 1 saturated carbocycles. The second-order valence-corrected chi connectivity index (χ2v) is 5.51. The van der Waals surface area contributed by atoms with Gasteiger partial charge in [0.15, 0.2) is 5.69 Å². The summed E-state index contributed by atoms with van der Waals surface area (Å²) in [5, 5.41) is 17.7. The van der Waals surface area contributed by atoms with Crippen LogP contribution in [0.1, 0.15) is 29.8 Å². The van der Waals surface area contributed by atoms with Gasteiger partial charge in [0.2, 0.25) is 0 Å². The number of benzene rings is 1. The van der Waals surface area contributed by atoms with Gasteiger partial charge in [0.05, 0.1) is 0 Å². The zero-order valence-corrected chi connectivity index (χ0v) is 11.5. The van der Waals surface area contributed by atoms with Gasteiger partial charge in [-0.2, -0.15) is 0 Å². The van der Waals surface area contributed by atoms with Crippen molar-refractivity contribution in [2.45, 2.75) is 25.8 Å². The van der Waals surface area contributed by atoms with Crippen LogP contribution in [0, 0.1) is 5.92 Å². The average Bonchev–Trinajstić information content (AvgIpc) is 2.79. The second-order valence-electron chi connectivity index (χ2n) is 5.08. The van der Waals surface area contributed by atoms with E-state index in [-0.39, 0.29) is 5.69 Å². The Bertz CT molecular complexity index is 632. The number of aromatic nitrogens is 3. The van der Waals surface area contributed by atoms with Crippen LogP contribution in [-0.4, -0.2) is 26.1 Å². The van der Waals surface area contributed by atoms with Crippen molar-refractivity contribution in [2.24, 2.45) is 5.92 Å². The highest BCUT2D eigenvalue weighted by molar-refractivity contribution is 6.30. The Hall–Kier alpha value is -1.88. The zero-order chi connectivity index (χ0) is 14.1. The van der Waals surface area contributed by atoms with Crippen molar-refractivity contribution in [3.8, 4) is 11.3 Å². The summed E-state index contributed by atoms with van der Waals surface area (Å²) in [5.41, 5.74) is 1.32. The van der Waals surface area contributed by atoms with Crippen LogP contribution in [0.3, 0.4) is 0 Å². The third-order valence-electron chi connectivity index (χ3n) is 3.71. The highest BCUT2D eigenvalue weighted by atomic mass is 35.5. The Balaban J connectivity index is 2.02. The molecule has 5 nitrogen and oxygen atoms in total. The Kier molecular flexibility index (Phi) is 3.44. The molecule has 1 aromatic carbocycles. The molecule has 20 heavy (non-hydrogen) atoms. The largest absolute Gasteiger partial charge is 0.476 e. The summed E-state index contributed by atoms with van der Waals surface area (Å²) in [4.78, 5) is 11.3. The molecule has 0 bridgehead atoms. The zero-order valence-electron chi connectivity index (χ0n) is 10.8. The van der Waals surface area contributed by atoms with Gasteiger partial charge in [-0.15, -0.1) is 5.10 Å². The molecule has 0 atom stereocenters. The van der Waals surface area contributed by atoms with E-state index in [4.69, 9.17) is 11.6 Å². The first-order valence-electron chi connectivity index (χ1n) is 6.58. The molecule has 1 aromatic heterocycles. The smallest absolute Gasteiger partial charge is 0.358 e. The van der Waals surface area contributed by atoms with Crippen LogP contribution >= 0.6 is 11.6 Å². The number of carboxylic acids is 1. The monoisotopic (exact) mass is 291 g/mol. The van der Waals surface area contributed by atoms with Gasteiger partial charge in [0.1, 0.15) is 5.69 Å². The number of hydrogen-bond acceptors (Lipinski definition) is 3. The Labute approximate surface area is 121 Å². The van der Waals surface area contributed by atoms with Crippen LogP contribution < -0.4 is 0 Å².